The molecule has 1 amide bonds. The number of likely N-dealkylation sites (tertiary alicyclic amines) is 1. The van der Waals surface area contributed by atoms with E-state index in [0.29, 0.717) is 22.9 Å². The molecule has 2 aromatic carbocycles. The molecule has 0 spiro atoms. The molecule has 1 aliphatic carbocycles. The van der Waals surface area contributed by atoms with Crippen molar-refractivity contribution >= 4 is 39.1 Å². The van der Waals surface area contributed by atoms with E-state index in [4.69, 9.17) is 23.2 Å². The standard InChI is InChI=1S/C29H38Cl2N2O5S/c1-3-29(15-24(35)18-34)16-25(21-6-5-7-23(31)14-21)27(20-10-12-22(30)13-11-20)33(28(29)36)26(19-8-9-19)17-32-39(37,38)4-2/h5-7,10-14,19,24-27,32,34-35H,3-4,8-9,15-18H2,1-2H3. The van der Waals surface area contributed by atoms with Gasteiger partial charge in [-0.1, -0.05) is 54.4 Å². The number of benzene rings is 2. The van der Waals surface area contributed by atoms with Gasteiger partial charge in [-0.2, -0.15) is 0 Å². The molecule has 4 rings (SSSR count). The summed E-state index contributed by atoms with van der Waals surface area (Å²) in [7, 11) is -3.49. The second-order valence-corrected chi connectivity index (χ2v) is 13.9. The van der Waals surface area contributed by atoms with E-state index in [2.05, 4.69) is 4.72 Å². The van der Waals surface area contributed by atoms with Gasteiger partial charge in [0.15, 0.2) is 0 Å². The Morgan fingerprint density at radius 2 is 1.77 bits per heavy atom. The lowest BCUT2D eigenvalue weighted by molar-refractivity contribution is -0.160. The number of aliphatic hydroxyl groups excluding tert-OH is 2. The third-order valence-corrected chi connectivity index (χ3v) is 10.3. The summed E-state index contributed by atoms with van der Waals surface area (Å²) in [6, 6.07) is 14.3. The van der Waals surface area contributed by atoms with Crippen LogP contribution >= 0.6 is 23.2 Å². The van der Waals surface area contributed by atoms with Crippen LogP contribution in [0.1, 0.15) is 69.0 Å². The van der Waals surface area contributed by atoms with Gasteiger partial charge in [0.1, 0.15) is 0 Å². The molecule has 2 fully saturated rings. The summed E-state index contributed by atoms with van der Waals surface area (Å²) in [5, 5.41) is 21.5. The number of rotatable bonds is 12. The van der Waals surface area contributed by atoms with Crippen molar-refractivity contribution in [2.75, 3.05) is 18.9 Å². The van der Waals surface area contributed by atoms with Crippen LogP contribution in [0.5, 0.6) is 0 Å². The maximum Gasteiger partial charge on any atom is 0.229 e. The van der Waals surface area contributed by atoms with Crippen LogP contribution < -0.4 is 4.72 Å². The van der Waals surface area contributed by atoms with Crippen LogP contribution in [0, 0.1) is 11.3 Å². The van der Waals surface area contributed by atoms with Crippen molar-refractivity contribution in [2.45, 2.75) is 70.1 Å². The van der Waals surface area contributed by atoms with Crippen LogP contribution in [-0.2, 0) is 14.8 Å². The van der Waals surface area contributed by atoms with E-state index in [1.54, 1.807) is 19.1 Å². The Balaban J connectivity index is 1.91. The Bertz CT molecular complexity index is 1250. The first-order valence-corrected chi connectivity index (χ1v) is 16.0. The molecular weight excluding hydrogens is 559 g/mol. The molecule has 2 aromatic rings. The Kier molecular flexibility index (Phi) is 9.67. The first-order chi connectivity index (χ1) is 18.5. The molecule has 0 radical (unpaired) electrons. The predicted molar refractivity (Wildman–Crippen MR) is 154 cm³/mol. The molecule has 0 aromatic heterocycles. The fraction of sp³-hybridized carbons (Fsp3) is 0.552. The minimum absolute atomic E-state index is 0.0499. The molecule has 7 nitrogen and oxygen atoms in total. The number of carbonyl (C=O) groups is 1. The third-order valence-electron chi connectivity index (χ3n) is 8.40. The van der Waals surface area contributed by atoms with E-state index >= 15 is 0 Å². The van der Waals surface area contributed by atoms with Gasteiger partial charge in [-0.05, 0) is 80.3 Å². The van der Waals surface area contributed by atoms with E-state index < -0.39 is 34.2 Å². The van der Waals surface area contributed by atoms with Crippen molar-refractivity contribution in [1.82, 2.24) is 9.62 Å². The van der Waals surface area contributed by atoms with Crippen LogP contribution in [0.3, 0.4) is 0 Å². The molecule has 3 N–H and O–H groups in total. The average Bonchev–Trinajstić information content (AvgIpc) is 3.76. The fourth-order valence-electron chi connectivity index (χ4n) is 6.07. The van der Waals surface area contributed by atoms with Crippen molar-refractivity contribution < 1.29 is 23.4 Å². The van der Waals surface area contributed by atoms with Crippen LogP contribution in [0.4, 0.5) is 0 Å². The van der Waals surface area contributed by atoms with Crippen molar-refractivity contribution in [2.24, 2.45) is 11.3 Å². The lowest BCUT2D eigenvalue weighted by Crippen LogP contribution is -2.60. The lowest BCUT2D eigenvalue weighted by Gasteiger charge is -2.53. The number of nitrogens with zero attached hydrogens (tertiary/aromatic N) is 1. The SMILES string of the molecule is CCC1(CC(O)CO)CC(c2cccc(Cl)c2)C(c2ccc(Cl)cc2)N(C(CNS(=O)(=O)CC)C2CC2)C1=O. The molecule has 214 valence electrons. The molecule has 5 unspecified atom stereocenters. The van der Waals surface area contributed by atoms with Crippen molar-refractivity contribution in [3.05, 3.63) is 69.7 Å². The van der Waals surface area contributed by atoms with Gasteiger partial charge in [-0.25, -0.2) is 13.1 Å². The Morgan fingerprint density at radius 1 is 1.08 bits per heavy atom. The average molecular weight is 598 g/mol. The molecule has 1 saturated heterocycles. The number of nitrogens with one attached hydrogen (secondary N) is 1. The molecule has 1 saturated carbocycles. The number of hydrogen-bond donors (Lipinski definition) is 3. The van der Waals surface area contributed by atoms with Gasteiger partial charge in [-0.3, -0.25) is 4.79 Å². The Morgan fingerprint density at radius 3 is 2.33 bits per heavy atom. The zero-order valence-electron chi connectivity index (χ0n) is 22.4. The fourth-order valence-corrected chi connectivity index (χ4v) is 7.03. The van der Waals surface area contributed by atoms with Crippen LogP contribution in [0.15, 0.2) is 48.5 Å². The lowest BCUT2D eigenvalue weighted by atomic mass is 9.64. The number of hydrogen-bond acceptors (Lipinski definition) is 5. The smallest absolute Gasteiger partial charge is 0.229 e. The molecule has 1 heterocycles. The maximum absolute atomic E-state index is 14.7. The molecule has 0 bridgehead atoms. The second kappa shape index (κ2) is 12.5. The Labute approximate surface area is 241 Å². The number of aliphatic hydroxyl groups is 2. The first kappa shape index (κ1) is 30.3. The molecule has 39 heavy (non-hydrogen) atoms. The third kappa shape index (κ3) is 6.80. The quantitative estimate of drug-likeness (QED) is 0.323. The summed E-state index contributed by atoms with van der Waals surface area (Å²) in [5.41, 5.74) is 0.906. The first-order valence-electron chi connectivity index (χ1n) is 13.6. The summed E-state index contributed by atoms with van der Waals surface area (Å²) in [5.74, 6) is -0.217. The number of halogens is 2. The van der Waals surface area contributed by atoms with E-state index in [0.717, 1.165) is 24.0 Å². The highest BCUT2D eigenvalue weighted by molar-refractivity contribution is 7.89. The minimum Gasteiger partial charge on any atom is -0.394 e. The van der Waals surface area contributed by atoms with Gasteiger partial charge in [0.05, 0.1) is 29.9 Å². The normalized spacial score (nSPS) is 25.5. The number of sulfonamides is 1. The van der Waals surface area contributed by atoms with Gasteiger partial charge in [0, 0.05) is 28.5 Å². The minimum atomic E-state index is -3.49. The zero-order chi connectivity index (χ0) is 28.4. The largest absolute Gasteiger partial charge is 0.394 e. The van der Waals surface area contributed by atoms with Gasteiger partial charge >= 0.3 is 0 Å². The van der Waals surface area contributed by atoms with Gasteiger partial charge < -0.3 is 15.1 Å². The summed E-state index contributed by atoms with van der Waals surface area (Å²) in [4.78, 5) is 16.6. The summed E-state index contributed by atoms with van der Waals surface area (Å²) >= 11 is 12.7. The van der Waals surface area contributed by atoms with E-state index in [-0.39, 0.29) is 42.5 Å². The highest BCUT2D eigenvalue weighted by Crippen LogP contribution is 2.55. The molecule has 5 atom stereocenters. The summed E-state index contributed by atoms with van der Waals surface area (Å²) < 4.78 is 27.7. The van der Waals surface area contributed by atoms with Crippen molar-refractivity contribution in [1.29, 1.82) is 0 Å². The monoisotopic (exact) mass is 596 g/mol. The number of piperidine rings is 1. The van der Waals surface area contributed by atoms with Crippen LogP contribution in [-0.4, -0.2) is 60.5 Å². The number of carbonyl (C=O) groups excluding carboxylic acids is 1. The molecule has 1 aliphatic heterocycles. The number of amides is 1. The van der Waals surface area contributed by atoms with Gasteiger partial charge in [0.25, 0.3) is 0 Å². The van der Waals surface area contributed by atoms with Crippen molar-refractivity contribution in [3.8, 4) is 0 Å². The van der Waals surface area contributed by atoms with E-state index in [1.165, 1.54) is 0 Å². The zero-order valence-corrected chi connectivity index (χ0v) is 24.7. The van der Waals surface area contributed by atoms with Gasteiger partial charge in [-0.15, -0.1) is 0 Å². The second-order valence-electron chi connectivity index (χ2n) is 10.9. The van der Waals surface area contributed by atoms with Gasteiger partial charge in [0.2, 0.25) is 15.9 Å². The summed E-state index contributed by atoms with van der Waals surface area (Å²) in [6.45, 7) is 3.19. The maximum atomic E-state index is 14.7. The highest BCUT2D eigenvalue weighted by atomic mass is 35.5. The molecular formula is C29H38Cl2N2O5S. The topological polar surface area (TPSA) is 107 Å². The Hall–Kier alpha value is -1.68. The highest BCUT2D eigenvalue weighted by Gasteiger charge is 2.55. The van der Waals surface area contributed by atoms with E-state index in [1.807, 2.05) is 48.2 Å². The van der Waals surface area contributed by atoms with Crippen LogP contribution in [0.25, 0.3) is 0 Å². The van der Waals surface area contributed by atoms with E-state index in [9.17, 15) is 23.4 Å². The summed E-state index contributed by atoms with van der Waals surface area (Å²) in [6.07, 6.45) is 1.76. The predicted octanol–water partition coefficient (Wildman–Crippen LogP) is 4.91. The van der Waals surface area contributed by atoms with Crippen molar-refractivity contribution in [3.63, 3.8) is 0 Å². The van der Waals surface area contributed by atoms with Crippen LogP contribution in [0.2, 0.25) is 10.0 Å². The molecule has 10 heteroatoms. The molecule has 2 aliphatic rings.